The van der Waals surface area contributed by atoms with Crippen LogP contribution in [-0.2, 0) is 17.4 Å². The molecule has 1 unspecified atom stereocenters. The standard InChI is InChI=1S/C33H29F3N4O2S.H2O/c1-39(43(42)27-11-12-28(35)29(36)15-27)26-8-5-23-14-31-22(19-38-40(31)25-9-6-24(34)7-10-25)16-33(23,17-26)32(41)30-13-4-21(18-37-30)20-2-3-20;/h4,6-7,9-15,18-20,26H,2-3,5,8,16-17H2,1H3;1H2/t26-,33-,43?;/m0./s1. The molecule has 0 bridgehead atoms. The number of pyridine rings is 1. The third kappa shape index (κ3) is 5.22. The summed E-state index contributed by atoms with van der Waals surface area (Å²) in [5.74, 6) is -1.98. The average Bonchev–Trinajstić information content (AvgIpc) is 3.80. The van der Waals surface area contributed by atoms with Crippen LogP contribution in [0.15, 0.2) is 77.5 Å². The van der Waals surface area contributed by atoms with E-state index in [0.717, 1.165) is 47.4 Å². The second-order valence-electron chi connectivity index (χ2n) is 11.7. The summed E-state index contributed by atoms with van der Waals surface area (Å²) >= 11 is 0. The summed E-state index contributed by atoms with van der Waals surface area (Å²) in [6.45, 7) is 0. The fourth-order valence-corrected chi connectivity index (χ4v) is 7.68. The number of allylic oxidation sites excluding steroid dienone is 1. The lowest BCUT2D eigenvalue weighted by Crippen LogP contribution is -2.48. The van der Waals surface area contributed by atoms with Crippen LogP contribution in [0.2, 0.25) is 0 Å². The first kappa shape index (κ1) is 30.1. The van der Waals surface area contributed by atoms with Crippen molar-refractivity contribution in [2.75, 3.05) is 7.05 Å². The zero-order valence-electron chi connectivity index (χ0n) is 24.0. The molecule has 44 heavy (non-hydrogen) atoms. The van der Waals surface area contributed by atoms with Crippen molar-refractivity contribution in [2.45, 2.75) is 55.4 Å². The second-order valence-corrected chi connectivity index (χ2v) is 13.3. The molecule has 7 nitrogen and oxygen atoms in total. The highest BCUT2D eigenvalue weighted by Gasteiger charge is 2.50. The topological polar surface area (TPSA) is 99.6 Å². The Morgan fingerprint density at radius 1 is 1.00 bits per heavy atom. The van der Waals surface area contributed by atoms with Crippen molar-refractivity contribution < 1.29 is 27.7 Å². The van der Waals surface area contributed by atoms with Gasteiger partial charge in [0.05, 0.1) is 27.9 Å². The molecular weight excluding hydrogens is 589 g/mol. The number of ketones is 1. The quantitative estimate of drug-likeness (QED) is 0.246. The molecule has 11 heteroatoms. The van der Waals surface area contributed by atoms with Crippen molar-refractivity contribution in [3.8, 4) is 5.69 Å². The number of hydrogen-bond donors (Lipinski definition) is 0. The number of aromatic nitrogens is 3. The molecule has 7 rings (SSSR count). The highest BCUT2D eigenvalue weighted by molar-refractivity contribution is 7.82. The Kier molecular flexibility index (Phi) is 7.89. The molecule has 0 aliphatic heterocycles. The van der Waals surface area contributed by atoms with Crippen LogP contribution >= 0.6 is 0 Å². The summed E-state index contributed by atoms with van der Waals surface area (Å²) in [6, 6.07) is 12.9. The normalized spacial score (nSPS) is 21.6. The van der Waals surface area contributed by atoms with E-state index in [1.165, 1.54) is 18.2 Å². The van der Waals surface area contributed by atoms with Crippen LogP contribution in [0.25, 0.3) is 11.8 Å². The van der Waals surface area contributed by atoms with Gasteiger partial charge in [-0.3, -0.25) is 9.78 Å². The largest absolute Gasteiger partial charge is 0.412 e. The van der Waals surface area contributed by atoms with E-state index in [1.54, 1.807) is 40.6 Å². The molecule has 3 aliphatic carbocycles. The van der Waals surface area contributed by atoms with Crippen molar-refractivity contribution in [1.29, 1.82) is 0 Å². The number of fused-ring (bicyclic) bond motifs is 2. The van der Waals surface area contributed by atoms with E-state index in [2.05, 4.69) is 10.1 Å². The Morgan fingerprint density at radius 3 is 2.45 bits per heavy atom. The van der Waals surface area contributed by atoms with Crippen molar-refractivity contribution in [2.24, 2.45) is 5.41 Å². The molecule has 0 saturated heterocycles. The minimum atomic E-state index is -1.77. The van der Waals surface area contributed by atoms with Gasteiger partial charge in [-0.1, -0.05) is 11.6 Å². The first-order valence-electron chi connectivity index (χ1n) is 14.4. The third-order valence-corrected chi connectivity index (χ3v) is 10.6. The van der Waals surface area contributed by atoms with E-state index in [-0.39, 0.29) is 28.0 Å². The van der Waals surface area contributed by atoms with Gasteiger partial charge in [-0.15, -0.1) is 0 Å². The molecule has 2 saturated carbocycles. The van der Waals surface area contributed by atoms with Gasteiger partial charge < -0.3 is 5.48 Å². The molecular formula is C33H31F3N4O3S. The molecule has 2 aromatic carbocycles. The van der Waals surface area contributed by atoms with Gasteiger partial charge in [-0.2, -0.15) is 5.10 Å². The number of rotatable bonds is 7. The highest BCUT2D eigenvalue weighted by Crippen LogP contribution is 2.51. The van der Waals surface area contributed by atoms with Crippen LogP contribution in [-0.4, -0.2) is 47.6 Å². The number of nitrogens with zero attached hydrogens (tertiary/aromatic N) is 4. The summed E-state index contributed by atoms with van der Waals surface area (Å²) in [6.07, 6.45) is 9.76. The Morgan fingerprint density at radius 2 is 1.77 bits per heavy atom. The van der Waals surface area contributed by atoms with Gasteiger partial charge in [0.15, 0.2) is 17.4 Å². The first-order chi connectivity index (χ1) is 20.7. The van der Waals surface area contributed by atoms with E-state index in [4.69, 9.17) is 0 Å². The van der Waals surface area contributed by atoms with Crippen LogP contribution in [0.1, 0.15) is 65.3 Å². The number of benzene rings is 2. The average molecular weight is 621 g/mol. The summed E-state index contributed by atoms with van der Waals surface area (Å²) in [5, 5.41) is 4.59. The minimum absolute atomic E-state index is 0. The minimum Gasteiger partial charge on any atom is -0.412 e. The summed E-state index contributed by atoms with van der Waals surface area (Å²) < 4.78 is 58.1. The zero-order chi connectivity index (χ0) is 29.9. The maximum atomic E-state index is 14.5. The molecule has 0 spiro atoms. The first-order valence-corrected chi connectivity index (χ1v) is 15.5. The molecule has 2 aromatic heterocycles. The lowest BCUT2D eigenvalue weighted by molar-refractivity contribution is 0.0749. The maximum Gasteiger partial charge on any atom is 0.191 e. The van der Waals surface area contributed by atoms with Crippen LogP contribution in [0.4, 0.5) is 13.2 Å². The predicted octanol–water partition coefficient (Wildman–Crippen LogP) is 5.75. The van der Waals surface area contributed by atoms with Crippen molar-refractivity contribution >= 4 is 22.8 Å². The number of carbonyl (C=O) groups excluding carboxylic acids is 1. The fraction of sp³-hybridized carbons (Fsp3) is 0.303. The van der Waals surface area contributed by atoms with Gasteiger partial charge in [-0.25, -0.2) is 26.4 Å². The van der Waals surface area contributed by atoms with Crippen molar-refractivity contribution in [3.63, 3.8) is 0 Å². The van der Waals surface area contributed by atoms with E-state index < -0.39 is 28.0 Å². The fourth-order valence-electron chi connectivity index (χ4n) is 6.51. The molecule has 2 heterocycles. The van der Waals surface area contributed by atoms with Crippen LogP contribution < -0.4 is 0 Å². The molecule has 2 fully saturated rings. The SMILES string of the molecule is CN([C@H]1CCC2=Cc3c(cnn3-c3ccc(F)cc3)C[C@]2(C(=O)c2ccc(C3CC3)cn2)C1)S(=O)c1ccc(F)c(F)c1.O. The summed E-state index contributed by atoms with van der Waals surface area (Å²) in [4.78, 5) is 19.3. The molecule has 2 N–H and O–H groups in total. The van der Waals surface area contributed by atoms with E-state index >= 15 is 0 Å². The zero-order valence-corrected chi connectivity index (χ0v) is 24.8. The number of hydrogen-bond acceptors (Lipinski definition) is 4. The van der Waals surface area contributed by atoms with Gasteiger partial charge in [0.25, 0.3) is 0 Å². The third-order valence-electron chi connectivity index (χ3n) is 9.08. The predicted molar refractivity (Wildman–Crippen MR) is 160 cm³/mol. The second kappa shape index (κ2) is 11.5. The molecule has 0 radical (unpaired) electrons. The molecule has 3 aliphatic rings. The molecule has 4 aromatic rings. The van der Waals surface area contributed by atoms with E-state index in [9.17, 15) is 22.2 Å². The lowest BCUT2D eigenvalue weighted by atomic mass is 9.60. The van der Waals surface area contributed by atoms with Crippen LogP contribution in [0.5, 0.6) is 0 Å². The summed E-state index contributed by atoms with van der Waals surface area (Å²) in [5.41, 5.74) is 3.96. The van der Waals surface area contributed by atoms with Crippen LogP contribution in [0, 0.1) is 22.9 Å². The van der Waals surface area contributed by atoms with Gasteiger partial charge in [0.2, 0.25) is 0 Å². The Hall–Kier alpha value is -3.93. The Balaban J connectivity index is 0.00000343. The van der Waals surface area contributed by atoms with Crippen LogP contribution in [0.3, 0.4) is 0 Å². The van der Waals surface area contributed by atoms with Gasteiger partial charge in [-0.05, 0) is 110 Å². The lowest BCUT2D eigenvalue weighted by Gasteiger charge is -2.45. The smallest absolute Gasteiger partial charge is 0.191 e. The monoisotopic (exact) mass is 620 g/mol. The van der Waals surface area contributed by atoms with Gasteiger partial charge >= 0.3 is 0 Å². The van der Waals surface area contributed by atoms with E-state index in [1.807, 2.05) is 18.2 Å². The number of carbonyl (C=O) groups is 1. The van der Waals surface area contributed by atoms with Crippen molar-refractivity contribution in [3.05, 3.63) is 113 Å². The molecule has 228 valence electrons. The molecule has 0 amide bonds. The Bertz CT molecular complexity index is 1790. The van der Waals surface area contributed by atoms with E-state index in [0.29, 0.717) is 43.0 Å². The number of Topliss-reactive ketones (excluding diaryl/α,β-unsaturated/α-hetero) is 1. The maximum absolute atomic E-state index is 14.5. The Labute approximate surface area is 255 Å². The van der Waals surface area contributed by atoms with Crippen molar-refractivity contribution in [1.82, 2.24) is 19.1 Å². The number of halogens is 3. The summed E-state index contributed by atoms with van der Waals surface area (Å²) in [7, 11) is -0.0756. The molecule has 3 atom stereocenters. The van der Waals surface area contributed by atoms with Gasteiger partial charge in [0.1, 0.15) is 22.5 Å². The highest BCUT2D eigenvalue weighted by atomic mass is 32.2. The van der Waals surface area contributed by atoms with Gasteiger partial charge in [0, 0.05) is 19.3 Å².